The minimum Gasteiger partial charge on any atom is -0.103 e. The van der Waals surface area contributed by atoms with Gasteiger partial charge in [-0.2, -0.15) is 0 Å². The van der Waals surface area contributed by atoms with Crippen molar-refractivity contribution in [2.75, 3.05) is 0 Å². The summed E-state index contributed by atoms with van der Waals surface area (Å²) in [5.74, 6) is 5.67. The largest absolute Gasteiger partial charge is 0.103 e. The van der Waals surface area contributed by atoms with Gasteiger partial charge in [0, 0.05) is 13.3 Å². The molecule has 0 rings (SSSR count). The second kappa shape index (κ2) is 11.6. The van der Waals surface area contributed by atoms with Crippen molar-refractivity contribution in [3.63, 3.8) is 0 Å². The molecule has 0 amide bonds. The molecule has 0 unspecified atom stereocenters. The predicted molar refractivity (Wildman–Crippen MR) is 60.0 cm³/mol. The molecule has 0 aromatic carbocycles. The van der Waals surface area contributed by atoms with Crippen LogP contribution in [0.5, 0.6) is 0 Å². The first-order chi connectivity index (χ1) is 6.41. The molecule has 0 N–H and O–H groups in total. The van der Waals surface area contributed by atoms with E-state index in [9.17, 15) is 0 Å². The van der Waals surface area contributed by atoms with Crippen molar-refractivity contribution in [1.29, 1.82) is 0 Å². The molecule has 13 heavy (non-hydrogen) atoms. The third kappa shape index (κ3) is 11.6. The minimum atomic E-state index is 1.03. The van der Waals surface area contributed by atoms with Crippen LogP contribution in [0.4, 0.5) is 0 Å². The normalized spacial score (nSPS) is 9.38. The van der Waals surface area contributed by atoms with Crippen LogP contribution >= 0.6 is 0 Å². The Balaban J connectivity index is 2.86. The highest BCUT2D eigenvalue weighted by Crippen LogP contribution is 2.08. The number of hydrogen-bond acceptors (Lipinski definition) is 0. The number of rotatable bonds is 8. The Bertz CT molecular complexity index is 136. The molecule has 0 heterocycles. The lowest BCUT2D eigenvalue weighted by Gasteiger charge is -1.98. The molecule has 0 saturated carbocycles. The van der Waals surface area contributed by atoms with Gasteiger partial charge in [-0.25, -0.2) is 0 Å². The van der Waals surface area contributed by atoms with Crippen LogP contribution in [0.2, 0.25) is 0 Å². The molecule has 0 atom stereocenters. The van der Waals surface area contributed by atoms with Gasteiger partial charge in [-0.3, -0.25) is 0 Å². The Labute approximate surface area is 84.1 Å². The lowest BCUT2D eigenvalue weighted by atomic mass is 10.1. The van der Waals surface area contributed by atoms with Crippen molar-refractivity contribution in [3.05, 3.63) is 13.8 Å². The van der Waals surface area contributed by atoms with E-state index in [-0.39, 0.29) is 0 Å². The summed E-state index contributed by atoms with van der Waals surface area (Å²) in [6.45, 7) is 7.32. The quantitative estimate of drug-likeness (QED) is 0.386. The van der Waals surface area contributed by atoms with Crippen LogP contribution in [0.3, 0.4) is 0 Å². The Kier molecular flexibility index (Phi) is 11.2. The first kappa shape index (κ1) is 12.6. The maximum Gasteiger partial charge on any atom is 0.0198 e. The first-order valence-electron chi connectivity index (χ1n) is 5.46. The van der Waals surface area contributed by atoms with E-state index in [1.807, 2.05) is 0 Å². The standard InChI is InChI=1S/C13H22/c1-3-5-7-9-11-13-12-10-8-6-4-2/h1-3,5,7-13H2. The van der Waals surface area contributed by atoms with Crippen molar-refractivity contribution < 1.29 is 0 Å². The van der Waals surface area contributed by atoms with Gasteiger partial charge in [0.15, 0.2) is 0 Å². The molecule has 0 aromatic heterocycles. The Morgan fingerprint density at radius 2 is 1.31 bits per heavy atom. The summed E-state index contributed by atoms with van der Waals surface area (Å²) in [6, 6.07) is 0. The number of unbranched alkanes of at least 4 members (excludes halogenated alkanes) is 8. The maximum absolute atomic E-state index is 3.83. The molecule has 0 saturated heterocycles. The average molecular weight is 178 g/mol. The molecule has 0 aliphatic carbocycles. The molecule has 0 bridgehead atoms. The zero-order valence-corrected chi connectivity index (χ0v) is 8.78. The monoisotopic (exact) mass is 178 g/mol. The summed E-state index contributed by atoms with van der Waals surface area (Å²) >= 11 is 0. The van der Waals surface area contributed by atoms with Gasteiger partial charge in [-0.05, 0) is 6.42 Å². The highest BCUT2D eigenvalue weighted by atomic mass is 14.0. The lowest BCUT2D eigenvalue weighted by Crippen LogP contribution is -1.79. The van der Waals surface area contributed by atoms with Gasteiger partial charge in [0.25, 0.3) is 0 Å². The summed E-state index contributed by atoms with van der Waals surface area (Å²) in [5, 5.41) is 0. The smallest absolute Gasteiger partial charge is 0.0198 e. The van der Waals surface area contributed by atoms with Crippen LogP contribution in [-0.2, 0) is 0 Å². The zero-order chi connectivity index (χ0) is 9.78. The fourth-order valence-corrected chi connectivity index (χ4v) is 1.36. The van der Waals surface area contributed by atoms with E-state index in [1.54, 1.807) is 0 Å². The van der Waals surface area contributed by atoms with Gasteiger partial charge in [0.1, 0.15) is 0 Å². The molecule has 0 aliphatic rings. The van der Waals surface area contributed by atoms with Crippen molar-refractivity contribution in [2.24, 2.45) is 0 Å². The van der Waals surface area contributed by atoms with E-state index in [1.165, 1.54) is 44.9 Å². The molecular formula is C13H22. The Hall–Kier alpha value is -0.440. The highest BCUT2D eigenvalue weighted by Gasteiger charge is 1.89. The van der Waals surface area contributed by atoms with E-state index < -0.39 is 0 Å². The molecule has 0 aromatic rings. The van der Waals surface area contributed by atoms with Crippen molar-refractivity contribution >= 4 is 0 Å². The molecule has 0 fully saturated rings. The van der Waals surface area contributed by atoms with E-state index in [0.29, 0.717) is 0 Å². The summed E-state index contributed by atoms with van der Waals surface area (Å²) in [5.41, 5.74) is 0. The van der Waals surface area contributed by atoms with Crippen LogP contribution in [0.25, 0.3) is 0 Å². The molecule has 0 aliphatic heterocycles. The fraction of sp³-hybridized carbons (Fsp3) is 0.692. The summed E-state index contributed by atoms with van der Waals surface area (Å²) in [7, 11) is 0. The fourth-order valence-electron chi connectivity index (χ4n) is 1.36. The van der Waals surface area contributed by atoms with Crippen LogP contribution in [0.15, 0.2) is 0 Å². The molecular weight excluding hydrogens is 156 g/mol. The zero-order valence-electron chi connectivity index (χ0n) is 8.78. The molecule has 0 heteroatoms. The van der Waals surface area contributed by atoms with Crippen molar-refractivity contribution in [3.8, 4) is 11.8 Å². The summed E-state index contributed by atoms with van der Waals surface area (Å²) < 4.78 is 0. The minimum absolute atomic E-state index is 1.03. The molecule has 2 radical (unpaired) electrons. The van der Waals surface area contributed by atoms with Crippen molar-refractivity contribution in [2.45, 2.75) is 57.8 Å². The average Bonchev–Trinajstić information content (AvgIpc) is 2.16. The Morgan fingerprint density at radius 1 is 0.769 bits per heavy atom. The van der Waals surface area contributed by atoms with Gasteiger partial charge in [0.05, 0.1) is 0 Å². The van der Waals surface area contributed by atoms with Gasteiger partial charge >= 0.3 is 0 Å². The van der Waals surface area contributed by atoms with E-state index in [0.717, 1.165) is 12.8 Å². The van der Waals surface area contributed by atoms with Crippen LogP contribution in [-0.4, -0.2) is 0 Å². The van der Waals surface area contributed by atoms with Gasteiger partial charge in [0.2, 0.25) is 0 Å². The highest BCUT2D eigenvalue weighted by molar-refractivity contribution is 5.00. The number of hydrogen-bond donors (Lipinski definition) is 0. The van der Waals surface area contributed by atoms with E-state index >= 15 is 0 Å². The molecule has 74 valence electrons. The van der Waals surface area contributed by atoms with Gasteiger partial charge < -0.3 is 0 Å². The van der Waals surface area contributed by atoms with Crippen LogP contribution in [0, 0.1) is 25.7 Å². The third-order valence-electron chi connectivity index (χ3n) is 2.18. The maximum atomic E-state index is 3.83. The SMILES string of the molecule is [CH2]C#CCCCCCCCCC[CH2]. The molecule has 0 nitrogen and oxygen atoms in total. The predicted octanol–water partition coefficient (Wildman–Crippen LogP) is 4.17. The van der Waals surface area contributed by atoms with Gasteiger partial charge in [-0.1, -0.05) is 51.9 Å². The third-order valence-corrected chi connectivity index (χ3v) is 2.18. The molecule has 0 spiro atoms. The second-order valence-electron chi connectivity index (χ2n) is 3.43. The Morgan fingerprint density at radius 3 is 1.85 bits per heavy atom. The topological polar surface area (TPSA) is 0 Å². The van der Waals surface area contributed by atoms with Crippen molar-refractivity contribution in [1.82, 2.24) is 0 Å². The first-order valence-corrected chi connectivity index (χ1v) is 5.46. The van der Waals surface area contributed by atoms with Gasteiger partial charge in [-0.15, -0.1) is 11.8 Å². The van der Waals surface area contributed by atoms with E-state index in [4.69, 9.17) is 0 Å². The second-order valence-corrected chi connectivity index (χ2v) is 3.43. The lowest BCUT2D eigenvalue weighted by molar-refractivity contribution is 0.585. The van der Waals surface area contributed by atoms with E-state index in [2.05, 4.69) is 25.7 Å². The van der Waals surface area contributed by atoms with Crippen LogP contribution in [0.1, 0.15) is 57.8 Å². The summed E-state index contributed by atoms with van der Waals surface area (Å²) in [6.07, 6.45) is 11.5. The van der Waals surface area contributed by atoms with Crippen LogP contribution < -0.4 is 0 Å². The summed E-state index contributed by atoms with van der Waals surface area (Å²) in [4.78, 5) is 0.